The third-order valence-electron chi connectivity index (χ3n) is 8.34. The van der Waals surface area contributed by atoms with Gasteiger partial charge < -0.3 is 19.6 Å². The van der Waals surface area contributed by atoms with E-state index < -0.39 is 7.54 Å². The Morgan fingerprint density at radius 2 is 0.825 bits per heavy atom. The van der Waals surface area contributed by atoms with Gasteiger partial charge in [0.1, 0.15) is 10.6 Å². The largest absolute Gasteiger partial charge is 3.00 e. The summed E-state index contributed by atoms with van der Waals surface area (Å²) in [5.74, 6) is 0. The molecule has 232 valence electrons. The van der Waals surface area contributed by atoms with Crippen LogP contribution in [0, 0.1) is 14.9 Å². The van der Waals surface area contributed by atoms with Gasteiger partial charge >= 0.3 is 27.0 Å². The van der Waals surface area contributed by atoms with E-state index in [4.69, 9.17) is 0 Å². The van der Waals surface area contributed by atoms with Crippen LogP contribution >= 0.6 is 15.8 Å². The van der Waals surface area contributed by atoms with E-state index in [1.165, 1.54) is 77.0 Å². The fourth-order valence-corrected chi connectivity index (χ4v) is 15.5. The Morgan fingerprint density at radius 3 is 1.02 bits per heavy atom. The maximum absolute atomic E-state index is 9.67. The average Bonchev–Trinajstić information content (AvgIpc) is 3.47. The van der Waals surface area contributed by atoms with Gasteiger partial charge in [-0.2, -0.15) is 0 Å². The molecule has 4 atom stereocenters. The molecule has 0 bridgehead atoms. The van der Waals surface area contributed by atoms with E-state index in [1.54, 1.807) is 0 Å². The summed E-state index contributed by atoms with van der Waals surface area (Å²) in [4.78, 5) is 0. The van der Waals surface area contributed by atoms with Crippen molar-refractivity contribution in [1.29, 1.82) is 0 Å². The van der Waals surface area contributed by atoms with Crippen LogP contribution in [0.15, 0.2) is 48.6 Å². The Kier molecular flexibility index (Phi) is 28.3. The minimum atomic E-state index is -3.67. The van der Waals surface area contributed by atoms with Crippen LogP contribution in [0.25, 0.3) is 0 Å². The summed E-state index contributed by atoms with van der Waals surface area (Å²) < 4.78 is 29.0. The van der Waals surface area contributed by atoms with Crippen molar-refractivity contribution in [3.05, 3.63) is 63.4 Å². The quantitative estimate of drug-likeness (QED) is 0.0952. The van der Waals surface area contributed by atoms with Crippen molar-refractivity contribution in [1.82, 2.24) is 0 Å². The van der Waals surface area contributed by atoms with Crippen LogP contribution in [0.5, 0.6) is 0 Å². The first-order valence-electron chi connectivity index (χ1n) is 14.5. The monoisotopic (exact) mass is 692 g/mol. The average molecular weight is 692 g/mol. The Bertz CT molecular complexity index is 696. The van der Waals surface area contributed by atoms with E-state index in [-0.39, 0.29) is 54.9 Å². The summed E-state index contributed by atoms with van der Waals surface area (Å²) in [5, 5.41) is 3.79. The maximum atomic E-state index is 9.67. The molecule has 0 amide bonds. The second-order valence-corrected chi connectivity index (χ2v) is 16.5. The fourth-order valence-electron chi connectivity index (χ4n) is 6.51. The molecule has 2 saturated heterocycles. The van der Waals surface area contributed by atoms with Crippen molar-refractivity contribution in [2.75, 3.05) is 0 Å². The summed E-state index contributed by atoms with van der Waals surface area (Å²) in [7, 11) is -4.41. The SMILES string of the molecule is C1=CCC/C=C\CC1.CC[C@H]1CC[C@H](CC)[PH+]1c1ccccc1[PH+]1[C@@H](CC)CC[C@@H]1CC.FB(F)F.[CH3-].[CH3-].[F-].[Rh+3]. The molecule has 0 aromatic heterocycles. The minimum Gasteiger partial charge on any atom is -1.00 e. The van der Waals surface area contributed by atoms with Gasteiger partial charge in [-0.15, -0.1) is 0 Å². The fraction of sp³-hybridized carbons (Fsp3) is 0.625. The Labute approximate surface area is 261 Å². The molecule has 0 nitrogen and oxygen atoms in total. The molecule has 0 radical (unpaired) electrons. The summed E-state index contributed by atoms with van der Waals surface area (Å²) >= 11 is 0. The van der Waals surface area contributed by atoms with Crippen molar-refractivity contribution in [2.45, 2.75) is 127 Å². The summed E-state index contributed by atoms with van der Waals surface area (Å²) in [5.41, 5.74) is 4.13. The molecule has 0 N–H and O–H groups in total. The molecule has 0 saturated carbocycles. The van der Waals surface area contributed by atoms with E-state index in [0.717, 1.165) is 22.6 Å². The van der Waals surface area contributed by atoms with Gasteiger partial charge in [0.05, 0.1) is 22.6 Å². The number of halogens is 4. The minimum absolute atomic E-state index is 0. The molecule has 1 aromatic carbocycles. The third kappa shape index (κ3) is 14.0. The second-order valence-electron chi connectivity index (χ2n) is 10.4. The molecule has 0 spiro atoms. The molecular weight excluding hydrogens is 636 g/mol. The number of hydrogen-bond donors (Lipinski definition) is 0. The van der Waals surface area contributed by atoms with Crippen LogP contribution in [0.2, 0.25) is 0 Å². The molecule has 1 aromatic rings. The number of benzene rings is 1. The third-order valence-corrected chi connectivity index (χ3v) is 17.0. The molecule has 40 heavy (non-hydrogen) atoms. The van der Waals surface area contributed by atoms with E-state index >= 15 is 0 Å². The molecule has 0 unspecified atom stereocenters. The van der Waals surface area contributed by atoms with Gasteiger partial charge in [-0.3, -0.25) is 12.9 Å². The molecular formula is C32H56BF4P2Rh+2. The zero-order valence-corrected chi connectivity index (χ0v) is 29.5. The van der Waals surface area contributed by atoms with Gasteiger partial charge in [0, 0.05) is 15.8 Å². The van der Waals surface area contributed by atoms with Gasteiger partial charge in [-0.25, -0.2) is 0 Å². The van der Waals surface area contributed by atoms with Crippen LogP contribution < -0.4 is 15.3 Å². The number of rotatable bonds is 6. The van der Waals surface area contributed by atoms with E-state index in [1.807, 2.05) is 10.6 Å². The van der Waals surface area contributed by atoms with E-state index in [0.29, 0.717) is 0 Å². The predicted octanol–water partition coefficient (Wildman–Crippen LogP) is 7.52. The van der Waals surface area contributed by atoms with Gasteiger partial charge in [0.15, 0.2) is 0 Å². The Hall–Kier alpha value is -0.0317. The molecule has 3 aliphatic rings. The van der Waals surface area contributed by atoms with E-state index in [9.17, 15) is 12.9 Å². The number of hydrogen-bond acceptors (Lipinski definition) is 0. The summed E-state index contributed by atoms with van der Waals surface area (Å²) in [6.07, 6.45) is 25.7. The van der Waals surface area contributed by atoms with Gasteiger partial charge in [0.2, 0.25) is 0 Å². The van der Waals surface area contributed by atoms with Gasteiger partial charge in [-0.1, -0.05) is 64.1 Å². The van der Waals surface area contributed by atoms with Crippen LogP contribution in [-0.4, -0.2) is 30.2 Å². The predicted molar refractivity (Wildman–Crippen MR) is 176 cm³/mol. The molecule has 2 aliphatic heterocycles. The Balaban J connectivity index is -0.000000725. The van der Waals surface area contributed by atoms with Gasteiger partial charge in [-0.05, 0) is 89.2 Å². The zero-order chi connectivity index (χ0) is 26.3. The van der Waals surface area contributed by atoms with Crippen molar-refractivity contribution in [3.63, 3.8) is 0 Å². The summed E-state index contributed by atoms with van der Waals surface area (Å²) in [6, 6.07) is 9.87. The standard InChI is InChI=1S/C22H36P2.C8H12.2CH3.BF3.FH.Rh/c1-5-17-13-14-18(6-2)23(17)21-11-9-10-12-22(21)24-19(7-3)15-16-20(24)8-4;1-2-4-6-8-7-5-3-1;;;2-1(3)4;;/h9-12,17-20H,5-8,13-16H2,1-4H3;1-2,7-8H,3-6H2;2*1H3;;1H;/q;;2*-1;;;+3/p+1/b;2-1-,8-7?;;;;;/t17-,18-,19-,20-;;;;;;/m0....../s1. The van der Waals surface area contributed by atoms with Crippen molar-refractivity contribution < 1.29 is 37.1 Å². The normalized spacial score (nSPS) is 24.6. The summed E-state index contributed by atoms with van der Waals surface area (Å²) in [6.45, 7) is 9.79. The maximum Gasteiger partial charge on any atom is 3.00 e. The smallest absolute Gasteiger partial charge is 1.00 e. The van der Waals surface area contributed by atoms with Crippen LogP contribution in [0.3, 0.4) is 0 Å². The van der Waals surface area contributed by atoms with Crippen molar-refractivity contribution in [3.8, 4) is 0 Å². The molecule has 2 fully saturated rings. The van der Waals surface area contributed by atoms with Crippen LogP contribution in [0.1, 0.15) is 105 Å². The van der Waals surface area contributed by atoms with E-state index in [2.05, 4.69) is 76.3 Å². The molecule has 8 heteroatoms. The van der Waals surface area contributed by atoms with Crippen LogP contribution in [0.4, 0.5) is 12.9 Å². The first-order chi connectivity index (χ1) is 17.5. The molecule has 4 rings (SSSR count). The zero-order valence-electron chi connectivity index (χ0n) is 25.8. The van der Waals surface area contributed by atoms with Crippen molar-refractivity contribution in [2.24, 2.45) is 0 Å². The Morgan fingerprint density at radius 1 is 0.600 bits per heavy atom. The topological polar surface area (TPSA) is 0 Å². The molecule has 1 aliphatic carbocycles. The van der Waals surface area contributed by atoms with Crippen molar-refractivity contribution >= 4 is 34.0 Å². The first-order valence-corrected chi connectivity index (χ1v) is 17.8. The first kappa shape index (κ1) is 44.4. The van der Waals surface area contributed by atoms with Crippen LogP contribution in [-0.2, 0) is 19.5 Å². The second kappa shape index (κ2) is 25.5. The molecule has 2 heterocycles. The van der Waals surface area contributed by atoms with Gasteiger partial charge in [0.25, 0.3) is 0 Å². The number of allylic oxidation sites excluding steroid dienone is 4.